The molecule has 0 amide bonds. The number of hydrogen-bond acceptors (Lipinski definition) is 8. The SMILES string of the molecule is Cc1cnc(Nc2ccc(-c3cnn(C)c3)cc2OC(C)C)nc1Nc1cccc(NS(=O)(=O)C(C)(C)C)c1. The maximum Gasteiger partial charge on any atom is 0.237 e. The van der Waals surface area contributed by atoms with Gasteiger partial charge in [-0.05, 0) is 77.4 Å². The minimum absolute atomic E-state index is 0.0335. The van der Waals surface area contributed by atoms with Crippen LogP contribution in [0.2, 0.25) is 0 Å². The van der Waals surface area contributed by atoms with E-state index >= 15 is 0 Å². The Morgan fingerprint density at radius 2 is 1.72 bits per heavy atom. The van der Waals surface area contributed by atoms with Crippen molar-refractivity contribution in [3.8, 4) is 16.9 Å². The lowest BCUT2D eigenvalue weighted by molar-refractivity contribution is 0.244. The summed E-state index contributed by atoms with van der Waals surface area (Å²) < 4.78 is 34.7. The number of ether oxygens (including phenoxy) is 1. The molecule has 0 spiro atoms. The molecular weight excluding hydrogens is 514 g/mol. The normalized spacial score (nSPS) is 11.9. The lowest BCUT2D eigenvalue weighted by Crippen LogP contribution is -2.33. The van der Waals surface area contributed by atoms with Crippen molar-refractivity contribution in [2.45, 2.75) is 52.4 Å². The summed E-state index contributed by atoms with van der Waals surface area (Å²) in [6.45, 7) is 10.8. The molecule has 0 bridgehead atoms. The van der Waals surface area contributed by atoms with E-state index in [1.165, 1.54) is 0 Å². The van der Waals surface area contributed by atoms with E-state index in [9.17, 15) is 8.42 Å². The van der Waals surface area contributed by atoms with Gasteiger partial charge in [-0.2, -0.15) is 10.1 Å². The van der Waals surface area contributed by atoms with Crippen molar-refractivity contribution in [1.82, 2.24) is 19.7 Å². The molecule has 0 radical (unpaired) electrons. The van der Waals surface area contributed by atoms with Crippen LogP contribution in [0.25, 0.3) is 11.1 Å². The zero-order chi connectivity index (χ0) is 28.4. The first-order valence-corrected chi connectivity index (χ1v) is 14.1. The highest BCUT2D eigenvalue weighted by atomic mass is 32.2. The van der Waals surface area contributed by atoms with E-state index in [4.69, 9.17) is 4.74 Å². The third-order valence-electron chi connectivity index (χ3n) is 5.78. The summed E-state index contributed by atoms with van der Waals surface area (Å²) in [6.07, 6.45) is 5.45. The number of anilines is 5. The first-order chi connectivity index (χ1) is 18.3. The molecule has 2 heterocycles. The summed E-state index contributed by atoms with van der Waals surface area (Å²) in [5.74, 6) is 1.64. The van der Waals surface area contributed by atoms with Gasteiger partial charge in [0.05, 0.1) is 28.4 Å². The van der Waals surface area contributed by atoms with Crippen LogP contribution < -0.4 is 20.1 Å². The van der Waals surface area contributed by atoms with Gasteiger partial charge in [0.15, 0.2) is 0 Å². The summed E-state index contributed by atoms with van der Waals surface area (Å²) in [5, 5.41) is 10.8. The zero-order valence-corrected chi connectivity index (χ0v) is 24.1. The van der Waals surface area contributed by atoms with Crippen LogP contribution in [0, 0.1) is 6.92 Å². The predicted octanol–water partition coefficient (Wildman–Crippen LogP) is 6.00. The van der Waals surface area contributed by atoms with Gasteiger partial charge in [0.25, 0.3) is 0 Å². The third kappa shape index (κ3) is 6.85. The van der Waals surface area contributed by atoms with Crippen LogP contribution in [0.5, 0.6) is 5.75 Å². The van der Waals surface area contributed by atoms with Crippen molar-refractivity contribution in [3.05, 3.63) is 66.6 Å². The van der Waals surface area contributed by atoms with Gasteiger partial charge in [-0.3, -0.25) is 9.40 Å². The number of sulfonamides is 1. The van der Waals surface area contributed by atoms with E-state index in [2.05, 4.69) is 30.4 Å². The molecule has 0 aliphatic carbocycles. The second-order valence-corrected chi connectivity index (χ2v) is 13.0. The van der Waals surface area contributed by atoms with E-state index in [0.29, 0.717) is 28.9 Å². The molecule has 2 aromatic heterocycles. The molecule has 3 N–H and O–H groups in total. The van der Waals surface area contributed by atoms with Crippen molar-refractivity contribution >= 4 is 38.9 Å². The molecule has 0 fully saturated rings. The molecule has 0 aliphatic heterocycles. The van der Waals surface area contributed by atoms with E-state index in [0.717, 1.165) is 22.4 Å². The molecule has 0 saturated carbocycles. The van der Waals surface area contributed by atoms with E-state index in [1.807, 2.05) is 64.5 Å². The molecule has 39 heavy (non-hydrogen) atoms. The Morgan fingerprint density at radius 3 is 2.38 bits per heavy atom. The first-order valence-electron chi connectivity index (χ1n) is 12.6. The molecule has 10 nitrogen and oxygen atoms in total. The molecule has 11 heteroatoms. The van der Waals surface area contributed by atoms with E-state index in [-0.39, 0.29) is 6.10 Å². The second-order valence-electron chi connectivity index (χ2n) is 10.6. The number of aromatic nitrogens is 4. The van der Waals surface area contributed by atoms with E-state index < -0.39 is 14.8 Å². The summed E-state index contributed by atoms with van der Waals surface area (Å²) >= 11 is 0. The first kappa shape index (κ1) is 27.9. The van der Waals surface area contributed by atoms with Crippen molar-refractivity contribution in [2.24, 2.45) is 7.05 Å². The quantitative estimate of drug-likeness (QED) is 0.232. The van der Waals surface area contributed by atoms with Crippen LogP contribution >= 0.6 is 0 Å². The molecule has 0 unspecified atom stereocenters. The van der Waals surface area contributed by atoms with Crippen molar-refractivity contribution < 1.29 is 13.2 Å². The Balaban J connectivity index is 1.58. The molecule has 0 saturated heterocycles. The molecule has 0 atom stereocenters. The number of benzene rings is 2. The molecule has 4 rings (SSSR count). The van der Waals surface area contributed by atoms with Gasteiger partial charge in [-0.15, -0.1) is 0 Å². The van der Waals surface area contributed by atoms with Crippen LogP contribution in [0.4, 0.5) is 28.8 Å². The van der Waals surface area contributed by atoms with Gasteiger partial charge < -0.3 is 15.4 Å². The molecule has 206 valence electrons. The highest BCUT2D eigenvalue weighted by Gasteiger charge is 2.28. The largest absolute Gasteiger partial charge is 0.489 e. The van der Waals surface area contributed by atoms with Gasteiger partial charge in [-0.1, -0.05) is 12.1 Å². The summed E-state index contributed by atoms with van der Waals surface area (Å²) in [5.41, 5.74) is 4.67. The van der Waals surface area contributed by atoms with E-state index in [1.54, 1.807) is 49.8 Å². The lowest BCUT2D eigenvalue weighted by Gasteiger charge is -2.20. The Labute approximate surface area is 229 Å². The maximum atomic E-state index is 12.6. The van der Waals surface area contributed by atoms with Crippen molar-refractivity contribution in [3.63, 3.8) is 0 Å². The predicted molar refractivity (Wildman–Crippen MR) is 156 cm³/mol. The van der Waals surface area contributed by atoms with Gasteiger partial charge in [0, 0.05) is 36.3 Å². The molecule has 4 aromatic rings. The number of aryl methyl sites for hydroxylation is 2. The van der Waals surface area contributed by atoms with Crippen molar-refractivity contribution in [2.75, 3.05) is 15.4 Å². The Hall–Kier alpha value is -4.12. The van der Waals surface area contributed by atoms with Crippen molar-refractivity contribution in [1.29, 1.82) is 0 Å². The molecular formula is C28H35N7O3S. The lowest BCUT2D eigenvalue weighted by atomic mass is 10.1. The fourth-order valence-electron chi connectivity index (χ4n) is 3.58. The minimum atomic E-state index is -3.55. The Kier molecular flexibility index (Phi) is 7.82. The van der Waals surface area contributed by atoms with Gasteiger partial charge in [0.1, 0.15) is 11.6 Å². The zero-order valence-electron chi connectivity index (χ0n) is 23.3. The fourth-order valence-corrected chi connectivity index (χ4v) is 4.33. The third-order valence-corrected chi connectivity index (χ3v) is 7.90. The summed E-state index contributed by atoms with van der Waals surface area (Å²) in [6, 6.07) is 12.9. The van der Waals surface area contributed by atoms with Gasteiger partial charge in [0.2, 0.25) is 16.0 Å². The highest BCUT2D eigenvalue weighted by Crippen LogP contribution is 2.33. The average molecular weight is 550 g/mol. The topological polar surface area (TPSA) is 123 Å². The van der Waals surface area contributed by atoms with Crippen LogP contribution in [0.3, 0.4) is 0 Å². The number of nitrogens with zero attached hydrogens (tertiary/aromatic N) is 4. The maximum absolute atomic E-state index is 12.6. The smallest absolute Gasteiger partial charge is 0.237 e. The van der Waals surface area contributed by atoms with Gasteiger partial charge in [-0.25, -0.2) is 13.4 Å². The summed E-state index contributed by atoms with van der Waals surface area (Å²) in [4.78, 5) is 9.12. The fraction of sp³-hybridized carbons (Fsp3) is 0.321. The minimum Gasteiger partial charge on any atom is -0.489 e. The second kappa shape index (κ2) is 10.9. The van der Waals surface area contributed by atoms with Gasteiger partial charge >= 0.3 is 0 Å². The standard InChI is InChI=1S/C28H35N7O3S/c1-18(2)38-25-13-20(21-16-30-35(7)17-21)11-12-24(25)32-27-29-15-19(3)26(33-27)31-22-9-8-10-23(14-22)34-39(36,37)28(4,5)6/h8-18,34H,1-7H3,(H2,29,31,32,33). The van der Waals surface area contributed by atoms with Crippen LogP contribution in [-0.2, 0) is 17.1 Å². The number of rotatable bonds is 9. The molecule has 2 aromatic carbocycles. The molecule has 0 aliphatic rings. The van der Waals surface area contributed by atoms with Crippen LogP contribution in [-0.4, -0.2) is 39.0 Å². The van der Waals surface area contributed by atoms with Crippen LogP contribution in [0.15, 0.2) is 61.1 Å². The average Bonchev–Trinajstić information content (AvgIpc) is 3.27. The monoisotopic (exact) mass is 549 g/mol. The highest BCUT2D eigenvalue weighted by molar-refractivity contribution is 7.94. The van der Waals surface area contributed by atoms with Crippen LogP contribution in [0.1, 0.15) is 40.2 Å². The Bertz CT molecular complexity index is 1570. The number of nitrogens with one attached hydrogen (secondary N) is 3. The Morgan fingerprint density at radius 1 is 0.974 bits per heavy atom. The summed E-state index contributed by atoms with van der Waals surface area (Å²) in [7, 11) is -1.67. The number of hydrogen-bond donors (Lipinski definition) is 3.